The van der Waals surface area contributed by atoms with E-state index < -0.39 is 0 Å². The van der Waals surface area contributed by atoms with Crippen LogP contribution in [-0.2, 0) is 0 Å². The molecule has 1 aliphatic rings. The first-order chi connectivity index (χ1) is 8.82. The molecule has 1 aromatic carbocycles. The Morgan fingerprint density at radius 1 is 0.947 bits per heavy atom. The Hall–Kier alpha value is -1.98. The molecule has 100 valence electrons. The van der Waals surface area contributed by atoms with Crippen molar-refractivity contribution in [3.63, 3.8) is 0 Å². The molecule has 19 heavy (non-hydrogen) atoms. The lowest BCUT2D eigenvalue weighted by molar-refractivity contribution is 0.201. The molecule has 1 N–H and O–H groups in total. The summed E-state index contributed by atoms with van der Waals surface area (Å²) < 4.78 is 0. The van der Waals surface area contributed by atoms with E-state index in [1.165, 1.54) is 5.56 Å². The fourth-order valence-corrected chi connectivity index (χ4v) is 2.74. The van der Waals surface area contributed by atoms with Gasteiger partial charge in [-0.2, -0.15) is 0 Å². The van der Waals surface area contributed by atoms with Crippen LogP contribution >= 0.6 is 0 Å². The number of hydrogen-bond donors (Lipinski definition) is 1. The summed E-state index contributed by atoms with van der Waals surface area (Å²) in [6, 6.07) is 3.40. The Morgan fingerprint density at radius 2 is 1.37 bits per heavy atom. The molecule has 5 nitrogen and oxygen atoms in total. The van der Waals surface area contributed by atoms with Gasteiger partial charge in [-0.3, -0.25) is 5.32 Å². The van der Waals surface area contributed by atoms with Gasteiger partial charge in [0.2, 0.25) is 0 Å². The minimum Gasteiger partial charge on any atom is -0.347 e. The first-order valence-corrected chi connectivity index (χ1v) is 6.21. The molecule has 1 fully saturated rings. The van der Waals surface area contributed by atoms with Crippen molar-refractivity contribution in [2.75, 3.05) is 14.1 Å². The first kappa shape index (κ1) is 13.5. The minimum absolute atomic E-state index is 0.359. The second kappa shape index (κ2) is 4.61. The van der Waals surface area contributed by atoms with E-state index in [-0.39, 0.29) is 19.0 Å². The SMILES string of the molecule is Cc1cc(C)c(B2N(C)C(=O)NC(=O)N2C)c(C)c1. The van der Waals surface area contributed by atoms with Gasteiger partial charge >= 0.3 is 19.0 Å². The van der Waals surface area contributed by atoms with Crippen LogP contribution in [0.25, 0.3) is 0 Å². The molecule has 0 radical (unpaired) electrons. The predicted molar refractivity (Wildman–Crippen MR) is 75.5 cm³/mol. The van der Waals surface area contributed by atoms with Crippen LogP contribution in [0, 0.1) is 20.8 Å². The van der Waals surface area contributed by atoms with E-state index >= 15 is 0 Å². The van der Waals surface area contributed by atoms with Gasteiger partial charge in [0.25, 0.3) is 0 Å². The van der Waals surface area contributed by atoms with Crippen molar-refractivity contribution in [1.82, 2.24) is 14.9 Å². The fourth-order valence-electron chi connectivity index (χ4n) is 2.74. The molecular formula is C13H18BN3O2. The number of urea groups is 2. The number of hydrogen-bond acceptors (Lipinski definition) is 2. The van der Waals surface area contributed by atoms with Crippen molar-refractivity contribution >= 4 is 24.5 Å². The maximum Gasteiger partial charge on any atom is 0.418 e. The molecule has 1 aromatic rings. The molecular weight excluding hydrogens is 241 g/mol. The van der Waals surface area contributed by atoms with Crippen LogP contribution < -0.4 is 10.8 Å². The minimum atomic E-state index is -0.368. The molecule has 0 aliphatic carbocycles. The summed E-state index contributed by atoms with van der Waals surface area (Å²) in [7, 11) is 3.39. The van der Waals surface area contributed by atoms with Crippen LogP contribution in [0.2, 0.25) is 0 Å². The van der Waals surface area contributed by atoms with Crippen molar-refractivity contribution in [3.05, 3.63) is 28.8 Å². The zero-order valence-corrected chi connectivity index (χ0v) is 11.9. The van der Waals surface area contributed by atoms with Crippen molar-refractivity contribution < 1.29 is 9.59 Å². The summed E-state index contributed by atoms with van der Waals surface area (Å²) in [5.74, 6) is 0. The van der Waals surface area contributed by atoms with E-state index in [4.69, 9.17) is 0 Å². The summed E-state index contributed by atoms with van der Waals surface area (Å²) in [4.78, 5) is 26.7. The van der Waals surface area contributed by atoms with E-state index in [0.717, 1.165) is 16.6 Å². The highest BCUT2D eigenvalue weighted by Gasteiger charge is 2.41. The van der Waals surface area contributed by atoms with Gasteiger partial charge in [0.15, 0.2) is 0 Å². The molecule has 4 amide bonds. The number of nitrogens with zero attached hydrogens (tertiary/aromatic N) is 2. The van der Waals surface area contributed by atoms with Crippen LogP contribution in [0.5, 0.6) is 0 Å². The number of aryl methyl sites for hydroxylation is 3. The third kappa shape index (κ3) is 2.18. The summed E-state index contributed by atoms with van der Waals surface area (Å²) in [6.45, 7) is 5.69. The lowest BCUT2D eigenvalue weighted by Crippen LogP contribution is -2.70. The van der Waals surface area contributed by atoms with Gasteiger partial charge in [-0.1, -0.05) is 28.8 Å². The largest absolute Gasteiger partial charge is 0.418 e. The molecule has 0 atom stereocenters. The number of nitrogens with one attached hydrogen (secondary N) is 1. The summed E-state index contributed by atoms with van der Waals surface area (Å²) in [5, 5.41) is 2.30. The lowest BCUT2D eigenvalue weighted by Gasteiger charge is -2.38. The normalized spacial score (nSPS) is 15.9. The number of imide groups is 1. The van der Waals surface area contributed by atoms with Crippen molar-refractivity contribution in [2.45, 2.75) is 20.8 Å². The van der Waals surface area contributed by atoms with E-state index in [1.807, 2.05) is 20.8 Å². The molecule has 0 saturated carbocycles. The monoisotopic (exact) mass is 259 g/mol. The molecule has 0 spiro atoms. The third-order valence-corrected chi connectivity index (χ3v) is 3.58. The van der Waals surface area contributed by atoms with E-state index in [1.54, 1.807) is 23.7 Å². The Bertz CT molecular complexity index is 516. The number of amides is 4. The van der Waals surface area contributed by atoms with Gasteiger partial charge in [-0.15, -0.1) is 0 Å². The van der Waals surface area contributed by atoms with Crippen LogP contribution in [0.1, 0.15) is 16.7 Å². The lowest BCUT2D eigenvalue weighted by atomic mass is 9.60. The molecule has 0 aromatic heterocycles. The van der Waals surface area contributed by atoms with Crippen LogP contribution in [0.4, 0.5) is 9.59 Å². The van der Waals surface area contributed by atoms with Crippen molar-refractivity contribution in [1.29, 1.82) is 0 Å². The van der Waals surface area contributed by atoms with Crippen LogP contribution in [-0.4, -0.2) is 42.8 Å². The van der Waals surface area contributed by atoms with E-state index in [9.17, 15) is 9.59 Å². The Balaban J connectivity index is 2.55. The predicted octanol–water partition coefficient (Wildman–Crippen LogP) is 1.01. The van der Waals surface area contributed by atoms with Crippen molar-refractivity contribution in [3.8, 4) is 0 Å². The van der Waals surface area contributed by atoms with Gasteiger partial charge < -0.3 is 9.62 Å². The summed E-state index contributed by atoms with van der Waals surface area (Å²) in [6.07, 6.45) is 0. The maximum absolute atomic E-state index is 11.8. The van der Waals surface area contributed by atoms with Crippen LogP contribution in [0.3, 0.4) is 0 Å². The standard InChI is InChI=1S/C13H18BN3O2/c1-8-6-9(2)11(10(3)7-8)14-16(4)12(18)15-13(19)17(14)5/h6-7H,1-5H3,(H,15,18,19). The number of rotatable bonds is 1. The Labute approximate surface area is 113 Å². The van der Waals surface area contributed by atoms with Gasteiger partial charge in [-0.05, 0) is 26.2 Å². The highest BCUT2D eigenvalue weighted by Crippen LogP contribution is 2.12. The highest BCUT2D eigenvalue weighted by molar-refractivity contribution is 6.74. The molecule has 2 rings (SSSR count). The molecule has 1 aliphatic heterocycles. The topological polar surface area (TPSA) is 52.7 Å². The first-order valence-electron chi connectivity index (χ1n) is 6.21. The molecule has 0 unspecified atom stereocenters. The summed E-state index contributed by atoms with van der Waals surface area (Å²) in [5.41, 5.74) is 4.36. The zero-order valence-electron chi connectivity index (χ0n) is 11.9. The van der Waals surface area contributed by atoms with Crippen molar-refractivity contribution in [2.24, 2.45) is 0 Å². The third-order valence-electron chi connectivity index (χ3n) is 3.58. The van der Waals surface area contributed by atoms with E-state index in [2.05, 4.69) is 17.4 Å². The quantitative estimate of drug-likeness (QED) is 0.765. The van der Waals surface area contributed by atoms with Gasteiger partial charge in [0.05, 0.1) is 0 Å². The smallest absolute Gasteiger partial charge is 0.347 e. The fraction of sp³-hybridized carbons (Fsp3) is 0.385. The Kier molecular flexibility index (Phi) is 3.26. The van der Waals surface area contributed by atoms with Crippen LogP contribution in [0.15, 0.2) is 12.1 Å². The second-order valence-corrected chi connectivity index (χ2v) is 5.14. The molecule has 6 heteroatoms. The van der Waals surface area contributed by atoms with Gasteiger partial charge in [0, 0.05) is 14.1 Å². The zero-order chi connectivity index (χ0) is 14.3. The van der Waals surface area contributed by atoms with Gasteiger partial charge in [0.1, 0.15) is 0 Å². The molecule has 0 bridgehead atoms. The second-order valence-electron chi connectivity index (χ2n) is 5.14. The number of benzene rings is 1. The van der Waals surface area contributed by atoms with E-state index in [0.29, 0.717) is 0 Å². The molecule has 1 saturated heterocycles. The average Bonchev–Trinajstić information content (AvgIpc) is 2.30. The maximum atomic E-state index is 11.8. The highest BCUT2D eigenvalue weighted by atomic mass is 16.2. The average molecular weight is 259 g/mol. The van der Waals surface area contributed by atoms with Gasteiger partial charge in [-0.25, -0.2) is 9.59 Å². The Morgan fingerprint density at radius 3 is 1.79 bits per heavy atom. The summed E-state index contributed by atoms with van der Waals surface area (Å²) >= 11 is 0. The number of carbonyl (C=O) groups excluding carboxylic acids is 2. The molecule has 1 heterocycles. The number of carbonyl (C=O) groups is 2.